The zero-order valence-corrected chi connectivity index (χ0v) is 28.4. The SMILES string of the molecule is CC(=O)c1ccc(-c2ccc(-c3ccc(-c4nc(C5=CCC(C(C)(C)C)C=C5)nc(-c5ccc(C(C)(C)C)cc5)n4)cn3)cc2)cc1. The number of hydrogen-bond acceptors (Lipinski definition) is 5. The number of Topliss-reactive ketones (excluding diaryl/α,β-unsaturated/α-hetero) is 1. The average molecular weight is 619 g/mol. The van der Waals surface area contributed by atoms with Crippen molar-refractivity contribution in [2.75, 3.05) is 0 Å². The molecule has 2 aromatic heterocycles. The Morgan fingerprint density at radius 1 is 0.638 bits per heavy atom. The molecule has 0 radical (unpaired) electrons. The van der Waals surface area contributed by atoms with Crippen molar-refractivity contribution in [1.29, 1.82) is 0 Å². The summed E-state index contributed by atoms with van der Waals surface area (Å²) in [7, 11) is 0. The molecule has 236 valence electrons. The summed E-state index contributed by atoms with van der Waals surface area (Å²) in [5.41, 5.74) is 9.07. The normalized spacial score (nSPS) is 15.0. The van der Waals surface area contributed by atoms with E-state index < -0.39 is 0 Å². The number of carbonyl (C=O) groups excluding carboxylic acids is 1. The second-order valence-corrected chi connectivity index (χ2v) is 14.5. The maximum Gasteiger partial charge on any atom is 0.165 e. The van der Waals surface area contributed by atoms with Crippen LogP contribution in [0.25, 0.3) is 50.7 Å². The molecule has 1 unspecified atom stereocenters. The molecule has 5 nitrogen and oxygen atoms in total. The monoisotopic (exact) mass is 618 g/mol. The van der Waals surface area contributed by atoms with Crippen LogP contribution in [-0.2, 0) is 5.41 Å². The Balaban J connectivity index is 1.31. The topological polar surface area (TPSA) is 68.6 Å². The van der Waals surface area contributed by atoms with Gasteiger partial charge in [0.15, 0.2) is 23.3 Å². The fourth-order valence-electron chi connectivity index (χ4n) is 5.74. The van der Waals surface area contributed by atoms with E-state index in [4.69, 9.17) is 19.9 Å². The molecule has 2 heterocycles. The largest absolute Gasteiger partial charge is 0.295 e. The Kier molecular flexibility index (Phi) is 8.59. The number of aromatic nitrogens is 4. The summed E-state index contributed by atoms with van der Waals surface area (Å²) >= 11 is 0. The van der Waals surface area contributed by atoms with E-state index in [9.17, 15) is 4.79 Å². The Morgan fingerprint density at radius 2 is 1.17 bits per heavy atom. The first-order valence-corrected chi connectivity index (χ1v) is 16.3. The van der Waals surface area contributed by atoms with Gasteiger partial charge < -0.3 is 0 Å². The maximum absolute atomic E-state index is 11.6. The molecule has 0 bridgehead atoms. The van der Waals surface area contributed by atoms with Crippen molar-refractivity contribution in [3.05, 3.63) is 126 Å². The average Bonchev–Trinajstić information content (AvgIpc) is 3.07. The minimum atomic E-state index is 0.0604. The van der Waals surface area contributed by atoms with Crippen molar-refractivity contribution < 1.29 is 4.79 Å². The second kappa shape index (κ2) is 12.6. The number of carbonyl (C=O) groups is 1. The van der Waals surface area contributed by atoms with Crippen LogP contribution in [0.15, 0.2) is 109 Å². The van der Waals surface area contributed by atoms with Crippen LogP contribution in [0.2, 0.25) is 0 Å². The Hall–Kier alpha value is -5.03. The predicted octanol–water partition coefficient (Wildman–Crippen LogP) is 10.4. The molecule has 1 atom stereocenters. The Morgan fingerprint density at radius 3 is 1.68 bits per heavy atom. The van der Waals surface area contributed by atoms with Crippen LogP contribution < -0.4 is 0 Å². The van der Waals surface area contributed by atoms with Crippen molar-refractivity contribution in [2.45, 2.75) is 60.3 Å². The van der Waals surface area contributed by atoms with Crippen LogP contribution in [0, 0.1) is 11.3 Å². The lowest BCUT2D eigenvalue weighted by Gasteiger charge is -2.29. The maximum atomic E-state index is 11.6. The first kappa shape index (κ1) is 31.9. The number of ketones is 1. The van der Waals surface area contributed by atoms with E-state index in [2.05, 4.69) is 108 Å². The number of pyridine rings is 1. The van der Waals surface area contributed by atoms with Gasteiger partial charge in [-0.05, 0) is 58.9 Å². The summed E-state index contributed by atoms with van der Waals surface area (Å²) in [4.78, 5) is 31.3. The van der Waals surface area contributed by atoms with E-state index in [1.807, 2.05) is 42.6 Å². The van der Waals surface area contributed by atoms with Gasteiger partial charge in [-0.1, -0.05) is 133 Å². The summed E-state index contributed by atoms with van der Waals surface area (Å²) < 4.78 is 0. The van der Waals surface area contributed by atoms with Gasteiger partial charge in [-0.3, -0.25) is 9.78 Å². The van der Waals surface area contributed by atoms with Crippen molar-refractivity contribution >= 4 is 11.4 Å². The molecule has 6 rings (SSSR count). The van der Waals surface area contributed by atoms with Gasteiger partial charge in [-0.25, -0.2) is 15.0 Å². The molecule has 0 saturated heterocycles. The minimum Gasteiger partial charge on any atom is -0.295 e. The number of allylic oxidation sites excluding steroid dienone is 4. The van der Waals surface area contributed by atoms with Gasteiger partial charge in [0.2, 0.25) is 0 Å². The highest BCUT2D eigenvalue weighted by molar-refractivity contribution is 5.94. The second-order valence-electron chi connectivity index (χ2n) is 14.5. The molecular formula is C42H42N4O. The van der Waals surface area contributed by atoms with Gasteiger partial charge in [0.25, 0.3) is 0 Å². The highest BCUT2D eigenvalue weighted by Gasteiger charge is 2.24. The van der Waals surface area contributed by atoms with Gasteiger partial charge in [-0.2, -0.15) is 0 Å². The van der Waals surface area contributed by atoms with Crippen LogP contribution in [0.5, 0.6) is 0 Å². The molecule has 5 heteroatoms. The molecule has 0 fully saturated rings. The summed E-state index contributed by atoms with van der Waals surface area (Å²) in [6.45, 7) is 15.1. The highest BCUT2D eigenvalue weighted by Crippen LogP contribution is 2.35. The first-order chi connectivity index (χ1) is 22.3. The van der Waals surface area contributed by atoms with Crippen molar-refractivity contribution in [3.8, 4) is 45.2 Å². The number of hydrogen-bond donors (Lipinski definition) is 0. The minimum absolute atomic E-state index is 0.0604. The molecule has 0 N–H and O–H groups in total. The smallest absolute Gasteiger partial charge is 0.165 e. The quantitative estimate of drug-likeness (QED) is 0.177. The van der Waals surface area contributed by atoms with E-state index in [0.29, 0.717) is 29.0 Å². The predicted molar refractivity (Wildman–Crippen MR) is 193 cm³/mol. The molecule has 47 heavy (non-hydrogen) atoms. The van der Waals surface area contributed by atoms with Crippen LogP contribution in [0.1, 0.15) is 76.6 Å². The van der Waals surface area contributed by atoms with Crippen molar-refractivity contribution in [3.63, 3.8) is 0 Å². The molecule has 0 amide bonds. The van der Waals surface area contributed by atoms with Crippen LogP contribution in [0.4, 0.5) is 0 Å². The van der Waals surface area contributed by atoms with Gasteiger partial charge in [0, 0.05) is 34.0 Å². The third kappa shape index (κ3) is 7.20. The lowest BCUT2D eigenvalue weighted by molar-refractivity contribution is 0.101. The molecule has 0 spiro atoms. The van der Waals surface area contributed by atoms with Gasteiger partial charge >= 0.3 is 0 Å². The van der Waals surface area contributed by atoms with Crippen LogP contribution in [0.3, 0.4) is 0 Å². The van der Waals surface area contributed by atoms with E-state index in [1.54, 1.807) is 6.92 Å². The molecular weight excluding hydrogens is 576 g/mol. The third-order valence-electron chi connectivity index (χ3n) is 8.94. The molecule has 0 saturated carbocycles. The first-order valence-electron chi connectivity index (χ1n) is 16.3. The highest BCUT2D eigenvalue weighted by atomic mass is 16.1. The summed E-state index contributed by atoms with van der Waals surface area (Å²) in [6, 6.07) is 28.6. The number of nitrogens with zero attached hydrogens (tertiary/aromatic N) is 4. The molecule has 1 aliphatic rings. The fourth-order valence-corrected chi connectivity index (χ4v) is 5.74. The van der Waals surface area contributed by atoms with Gasteiger partial charge in [-0.15, -0.1) is 0 Å². The Bertz CT molecular complexity index is 1950. The molecule has 5 aromatic rings. The third-order valence-corrected chi connectivity index (χ3v) is 8.94. The fraction of sp³-hybridized carbons (Fsp3) is 0.262. The summed E-state index contributed by atoms with van der Waals surface area (Å²) in [6.07, 6.45) is 9.50. The van der Waals surface area contributed by atoms with Gasteiger partial charge in [0.05, 0.1) is 5.69 Å². The molecule has 1 aliphatic carbocycles. The van der Waals surface area contributed by atoms with E-state index in [0.717, 1.165) is 45.5 Å². The van der Waals surface area contributed by atoms with Crippen LogP contribution in [-0.4, -0.2) is 25.7 Å². The molecule has 0 aliphatic heterocycles. The summed E-state index contributed by atoms with van der Waals surface area (Å²) in [5, 5.41) is 0. The Labute approximate surface area is 278 Å². The standard InChI is InChI=1S/C42H42N4O/c1-27(47)28-8-10-29(11-9-28)30-12-14-31(15-13-30)37-25-20-34(26-43-37)40-45-38(32-16-21-35(22-17-32)41(2,3)4)44-39(46-40)33-18-23-36(24-19-33)42(5,6)7/h8-23,25-26,36H,24H2,1-7H3. The lowest BCUT2D eigenvalue weighted by atomic mass is 9.76. The van der Waals surface area contributed by atoms with E-state index >= 15 is 0 Å². The van der Waals surface area contributed by atoms with E-state index in [1.165, 1.54) is 5.56 Å². The van der Waals surface area contributed by atoms with Crippen molar-refractivity contribution in [1.82, 2.24) is 19.9 Å². The zero-order chi connectivity index (χ0) is 33.3. The van der Waals surface area contributed by atoms with E-state index in [-0.39, 0.29) is 16.6 Å². The van der Waals surface area contributed by atoms with Crippen molar-refractivity contribution in [2.24, 2.45) is 11.3 Å². The summed E-state index contributed by atoms with van der Waals surface area (Å²) in [5.74, 6) is 2.45. The number of rotatable bonds is 6. The van der Waals surface area contributed by atoms with Crippen LogP contribution >= 0.6 is 0 Å². The lowest BCUT2D eigenvalue weighted by Crippen LogP contribution is -2.19. The number of benzene rings is 3. The van der Waals surface area contributed by atoms with Gasteiger partial charge in [0.1, 0.15) is 0 Å². The molecule has 3 aromatic carbocycles. The zero-order valence-electron chi connectivity index (χ0n) is 28.4.